The Morgan fingerprint density at radius 2 is 1.53 bits per heavy atom. The van der Waals surface area contributed by atoms with E-state index in [1.165, 1.54) is 6.07 Å². The molecule has 1 aromatic heterocycles. The molecule has 4 aliphatic rings. The van der Waals surface area contributed by atoms with Crippen LogP contribution in [-0.2, 0) is 0 Å². The first kappa shape index (κ1) is 21.5. The maximum absolute atomic E-state index is 13.7. The van der Waals surface area contributed by atoms with Gasteiger partial charge in [-0.05, 0) is 86.8 Å². The highest BCUT2D eigenvalue weighted by Crippen LogP contribution is 2.61. The van der Waals surface area contributed by atoms with E-state index in [1.54, 1.807) is 5.32 Å². The predicted molar refractivity (Wildman–Crippen MR) is 94.2 cm³/mol. The molecule has 10 heteroatoms. The van der Waals surface area contributed by atoms with Crippen molar-refractivity contribution in [3.8, 4) is 0 Å². The molecule has 0 aromatic carbocycles. The monoisotopic (exact) mass is 438 g/mol. The van der Waals surface area contributed by atoms with Gasteiger partial charge in [0.15, 0.2) is 5.76 Å². The summed E-state index contributed by atoms with van der Waals surface area (Å²) in [4.78, 5) is 12.1. The lowest BCUT2D eigenvalue weighted by atomic mass is 9.49. The lowest BCUT2D eigenvalue weighted by molar-refractivity contribution is -0.314. The Bertz CT molecular complexity index is 722. The third kappa shape index (κ3) is 3.71. The number of nitrogens with one attached hydrogen (secondary N) is 2. The first-order chi connectivity index (χ1) is 13.9. The third-order valence-corrected chi connectivity index (χ3v) is 7.11. The molecule has 4 aliphatic carbocycles. The first-order valence-electron chi connectivity index (χ1n) is 10.2. The summed E-state index contributed by atoms with van der Waals surface area (Å²) in [6, 6.07) is 2.21. The summed E-state index contributed by atoms with van der Waals surface area (Å²) in [5.41, 5.74) is -4.75. The molecule has 1 heterocycles. The van der Waals surface area contributed by atoms with Crippen molar-refractivity contribution < 1.29 is 35.6 Å². The molecular formula is C20H24F6N2O2. The Kier molecular flexibility index (Phi) is 5.14. The van der Waals surface area contributed by atoms with E-state index >= 15 is 0 Å². The molecule has 0 aliphatic heterocycles. The SMILES string of the molecule is O=C(NC(NCCC12CC3CC(CC(C3)C1)C2)(C(F)(F)F)C(F)(F)F)c1ccco1. The van der Waals surface area contributed by atoms with E-state index < -0.39 is 36.2 Å². The van der Waals surface area contributed by atoms with Gasteiger partial charge < -0.3 is 9.73 Å². The van der Waals surface area contributed by atoms with Gasteiger partial charge in [0.2, 0.25) is 0 Å². The summed E-state index contributed by atoms with van der Waals surface area (Å²) in [6.45, 7) is -0.496. The van der Waals surface area contributed by atoms with Crippen molar-refractivity contribution in [2.24, 2.45) is 23.2 Å². The Morgan fingerprint density at radius 1 is 1.00 bits per heavy atom. The summed E-state index contributed by atoms with van der Waals surface area (Å²) in [5, 5.41) is 2.79. The average Bonchev–Trinajstić information content (AvgIpc) is 3.12. The molecule has 4 fully saturated rings. The van der Waals surface area contributed by atoms with E-state index in [1.807, 2.05) is 0 Å². The van der Waals surface area contributed by atoms with Gasteiger partial charge in [0, 0.05) is 0 Å². The van der Waals surface area contributed by atoms with Gasteiger partial charge in [-0.15, -0.1) is 0 Å². The lowest BCUT2D eigenvalue weighted by Crippen LogP contribution is -2.75. The zero-order chi connectivity index (χ0) is 21.8. The van der Waals surface area contributed by atoms with Gasteiger partial charge in [-0.25, -0.2) is 0 Å². The Hall–Kier alpha value is -1.71. The van der Waals surface area contributed by atoms with Gasteiger partial charge in [0.1, 0.15) is 0 Å². The standard InChI is InChI=1S/C20H24F6N2O2/c21-19(22,23)18(20(24,25)26,28-16(29)15-2-1-5-30-15)27-4-3-17-9-12-6-13(10-17)8-14(7-12)11-17/h1-2,5,12-14,27H,3-4,6-11H2,(H,28,29). The van der Waals surface area contributed by atoms with Crippen LogP contribution in [0, 0.1) is 23.2 Å². The van der Waals surface area contributed by atoms with Crippen molar-refractivity contribution in [1.82, 2.24) is 10.6 Å². The minimum atomic E-state index is -5.80. The van der Waals surface area contributed by atoms with E-state index in [0.29, 0.717) is 17.8 Å². The van der Waals surface area contributed by atoms with Gasteiger partial charge in [-0.1, -0.05) is 0 Å². The molecule has 1 amide bonds. The minimum absolute atomic E-state index is 0.199. The molecule has 4 bridgehead atoms. The highest BCUT2D eigenvalue weighted by Gasteiger charge is 2.72. The second-order valence-corrected chi connectivity index (χ2v) is 9.27. The molecule has 0 saturated heterocycles. The van der Waals surface area contributed by atoms with Crippen LogP contribution in [0.1, 0.15) is 55.5 Å². The molecule has 30 heavy (non-hydrogen) atoms. The Labute approximate surface area is 169 Å². The predicted octanol–water partition coefficient (Wildman–Crippen LogP) is 5.03. The normalized spacial score (nSPS) is 31.2. The number of rotatable bonds is 6. The number of halogens is 6. The highest BCUT2D eigenvalue weighted by molar-refractivity contribution is 5.92. The number of amides is 1. The quantitative estimate of drug-likeness (QED) is 0.484. The molecule has 2 N–H and O–H groups in total. The van der Waals surface area contributed by atoms with Crippen molar-refractivity contribution in [3.63, 3.8) is 0 Å². The van der Waals surface area contributed by atoms with Gasteiger partial charge in [-0.3, -0.25) is 10.1 Å². The lowest BCUT2D eigenvalue weighted by Gasteiger charge is -2.57. The van der Waals surface area contributed by atoms with Crippen LogP contribution in [0.25, 0.3) is 0 Å². The Balaban J connectivity index is 1.52. The molecule has 4 nitrogen and oxygen atoms in total. The number of furan rings is 1. The largest absolute Gasteiger partial charge is 0.459 e. The second-order valence-electron chi connectivity index (χ2n) is 9.27. The van der Waals surface area contributed by atoms with Crippen molar-refractivity contribution in [2.75, 3.05) is 6.54 Å². The van der Waals surface area contributed by atoms with Gasteiger partial charge >= 0.3 is 12.4 Å². The van der Waals surface area contributed by atoms with E-state index in [4.69, 9.17) is 0 Å². The summed E-state index contributed by atoms with van der Waals surface area (Å²) in [7, 11) is 0. The fraction of sp³-hybridized carbons (Fsp3) is 0.750. The third-order valence-electron chi connectivity index (χ3n) is 7.11. The van der Waals surface area contributed by atoms with Crippen molar-refractivity contribution in [3.05, 3.63) is 24.2 Å². The first-order valence-corrected chi connectivity index (χ1v) is 10.2. The number of carbonyl (C=O) groups excluding carboxylic acids is 1. The summed E-state index contributed by atoms with van der Waals surface area (Å²) >= 11 is 0. The van der Waals surface area contributed by atoms with Crippen LogP contribution in [0.3, 0.4) is 0 Å². The topological polar surface area (TPSA) is 54.3 Å². The van der Waals surface area contributed by atoms with Gasteiger partial charge in [-0.2, -0.15) is 26.3 Å². The highest BCUT2D eigenvalue weighted by atomic mass is 19.4. The maximum Gasteiger partial charge on any atom is 0.434 e. The molecule has 0 atom stereocenters. The fourth-order valence-corrected chi connectivity index (χ4v) is 6.30. The van der Waals surface area contributed by atoms with E-state index in [0.717, 1.165) is 56.2 Å². The van der Waals surface area contributed by atoms with Crippen LogP contribution >= 0.6 is 0 Å². The minimum Gasteiger partial charge on any atom is -0.459 e. The second kappa shape index (κ2) is 7.17. The molecule has 168 valence electrons. The van der Waals surface area contributed by atoms with Crippen LogP contribution in [0.5, 0.6) is 0 Å². The summed E-state index contributed by atoms with van der Waals surface area (Å²) < 4.78 is 87.0. The molecular weight excluding hydrogens is 414 g/mol. The summed E-state index contributed by atoms with van der Waals surface area (Å²) in [6.07, 6.45) is -4.40. The molecule has 0 radical (unpaired) electrons. The van der Waals surface area contributed by atoms with Crippen LogP contribution < -0.4 is 10.6 Å². The number of hydrogen-bond acceptors (Lipinski definition) is 3. The van der Waals surface area contributed by atoms with E-state index in [2.05, 4.69) is 4.42 Å². The van der Waals surface area contributed by atoms with E-state index in [9.17, 15) is 31.1 Å². The molecule has 5 rings (SSSR count). The molecule has 4 saturated carbocycles. The summed E-state index contributed by atoms with van der Waals surface area (Å²) in [5.74, 6) is -0.618. The number of carbonyl (C=O) groups is 1. The van der Waals surface area contributed by atoms with Crippen molar-refractivity contribution in [2.45, 2.75) is 63.0 Å². The van der Waals surface area contributed by atoms with Crippen LogP contribution in [-0.4, -0.2) is 30.5 Å². The Morgan fingerprint density at radius 3 is 1.97 bits per heavy atom. The van der Waals surface area contributed by atoms with Crippen LogP contribution in [0.4, 0.5) is 26.3 Å². The fourth-order valence-electron chi connectivity index (χ4n) is 6.30. The van der Waals surface area contributed by atoms with E-state index in [-0.39, 0.29) is 11.8 Å². The number of alkyl halides is 6. The molecule has 1 aromatic rings. The van der Waals surface area contributed by atoms with Crippen molar-refractivity contribution >= 4 is 5.91 Å². The van der Waals surface area contributed by atoms with Gasteiger partial charge in [0.05, 0.1) is 6.26 Å². The molecule has 0 unspecified atom stereocenters. The van der Waals surface area contributed by atoms with Gasteiger partial charge in [0.25, 0.3) is 11.6 Å². The molecule has 0 spiro atoms. The zero-order valence-electron chi connectivity index (χ0n) is 16.2. The van der Waals surface area contributed by atoms with Crippen molar-refractivity contribution in [1.29, 1.82) is 0 Å². The maximum atomic E-state index is 13.7. The number of hydrogen-bond donors (Lipinski definition) is 2. The smallest absolute Gasteiger partial charge is 0.434 e. The zero-order valence-corrected chi connectivity index (χ0v) is 16.2. The van der Waals surface area contributed by atoms with Crippen LogP contribution in [0.2, 0.25) is 0 Å². The van der Waals surface area contributed by atoms with Crippen LogP contribution in [0.15, 0.2) is 22.8 Å². The average molecular weight is 438 g/mol.